The molecule has 1 heterocycles. The average Bonchev–Trinajstić information content (AvgIpc) is 2.98. The molecule has 1 aromatic heterocycles. The van der Waals surface area contributed by atoms with Crippen LogP contribution in [-0.2, 0) is 11.3 Å². The summed E-state index contributed by atoms with van der Waals surface area (Å²) in [6.45, 7) is 4.19. The van der Waals surface area contributed by atoms with E-state index in [1.54, 1.807) is 13.0 Å². The molecule has 0 aliphatic carbocycles. The SMILES string of the molecule is CCOC(=O)c1oc2ccccc2c1C[NH2+][C@@H](C)c1ccc(F)cc1F. The first-order valence-corrected chi connectivity index (χ1v) is 8.47. The Labute approximate surface area is 149 Å². The molecular weight excluding hydrogens is 340 g/mol. The molecule has 2 aromatic carbocycles. The monoisotopic (exact) mass is 360 g/mol. The second-order valence-electron chi connectivity index (χ2n) is 6.02. The van der Waals surface area contributed by atoms with Crippen LogP contribution in [0.4, 0.5) is 8.78 Å². The minimum atomic E-state index is -0.608. The average molecular weight is 360 g/mol. The molecule has 26 heavy (non-hydrogen) atoms. The minimum absolute atomic E-state index is 0.163. The van der Waals surface area contributed by atoms with Crippen LogP contribution in [0.15, 0.2) is 46.9 Å². The molecular formula is C20H20F2NO3+. The summed E-state index contributed by atoms with van der Waals surface area (Å²) in [7, 11) is 0. The van der Waals surface area contributed by atoms with E-state index in [9.17, 15) is 13.6 Å². The van der Waals surface area contributed by atoms with E-state index in [1.165, 1.54) is 12.1 Å². The van der Waals surface area contributed by atoms with Crippen molar-refractivity contribution in [1.82, 2.24) is 0 Å². The summed E-state index contributed by atoms with van der Waals surface area (Å²) in [6.07, 6.45) is 0. The summed E-state index contributed by atoms with van der Waals surface area (Å²) in [5, 5.41) is 2.69. The van der Waals surface area contributed by atoms with Gasteiger partial charge in [-0.3, -0.25) is 0 Å². The molecule has 3 rings (SSSR count). The predicted octanol–water partition coefficient (Wildman–Crippen LogP) is 3.71. The number of para-hydroxylation sites is 1. The number of fused-ring (bicyclic) bond motifs is 1. The smallest absolute Gasteiger partial charge is 0.374 e. The van der Waals surface area contributed by atoms with Gasteiger partial charge in [-0.05, 0) is 32.0 Å². The number of esters is 1. The molecule has 0 spiro atoms. The molecule has 0 saturated carbocycles. The van der Waals surface area contributed by atoms with E-state index in [0.717, 1.165) is 11.5 Å². The van der Waals surface area contributed by atoms with Crippen molar-refractivity contribution in [1.29, 1.82) is 0 Å². The number of furan rings is 1. The molecule has 0 saturated heterocycles. The van der Waals surface area contributed by atoms with Crippen LogP contribution in [0, 0.1) is 11.6 Å². The van der Waals surface area contributed by atoms with Gasteiger partial charge in [0, 0.05) is 17.0 Å². The molecule has 0 amide bonds. The highest BCUT2D eigenvalue weighted by atomic mass is 19.1. The third-order valence-corrected chi connectivity index (χ3v) is 4.29. The van der Waals surface area contributed by atoms with Gasteiger partial charge in [0.1, 0.15) is 29.8 Å². The highest BCUT2D eigenvalue weighted by Crippen LogP contribution is 2.26. The van der Waals surface area contributed by atoms with Gasteiger partial charge in [0.15, 0.2) is 0 Å². The summed E-state index contributed by atoms with van der Waals surface area (Å²) in [5.41, 5.74) is 1.70. The first-order valence-electron chi connectivity index (χ1n) is 8.47. The van der Waals surface area contributed by atoms with Crippen LogP contribution in [-0.4, -0.2) is 12.6 Å². The fourth-order valence-corrected chi connectivity index (χ4v) is 2.96. The van der Waals surface area contributed by atoms with Gasteiger partial charge in [-0.1, -0.05) is 18.2 Å². The maximum absolute atomic E-state index is 14.0. The highest BCUT2D eigenvalue weighted by molar-refractivity contribution is 5.95. The molecule has 0 bridgehead atoms. The van der Waals surface area contributed by atoms with E-state index in [4.69, 9.17) is 9.15 Å². The number of halogens is 2. The van der Waals surface area contributed by atoms with Gasteiger partial charge >= 0.3 is 5.97 Å². The number of hydrogen-bond donors (Lipinski definition) is 1. The fraction of sp³-hybridized carbons (Fsp3) is 0.250. The Morgan fingerprint density at radius 1 is 1.23 bits per heavy atom. The number of hydrogen-bond acceptors (Lipinski definition) is 3. The number of carbonyl (C=O) groups is 1. The zero-order valence-corrected chi connectivity index (χ0v) is 14.6. The van der Waals surface area contributed by atoms with E-state index in [-0.39, 0.29) is 18.4 Å². The summed E-state index contributed by atoms with van der Waals surface area (Å²) in [4.78, 5) is 12.2. The van der Waals surface area contributed by atoms with Crippen molar-refractivity contribution in [3.8, 4) is 0 Å². The van der Waals surface area contributed by atoms with Gasteiger partial charge in [0.25, 0.3) is 0 Å². The lowest BCUT2D eigenvalue weighted by molar-refractivity contribution is -0.708. The van der Waals surface area contributed by atoms with Gasteiger partial charge < -0.3 is 14.5 Å². The third kappa shape index (κ3) is 3.60. The van der Waals surface area contributed by atoms with Crippen LogP contribution >= 0.6 is 0 Å². The molecule has 0 aliphatic rings. The zero-order chi connectivity index (χ0) is 18.7. The van der Waals surface area contributed by atoms with Crippen LogP contribution in [0.1, 0.15) is 41.6 Å². The lowest BCUT2D eigenvalue weighted by Gasteiger charge is -2.12. The molecule has 3 aromatic rings. The van der Waals surface area contributed by atoms with Gasteiger partial charge in [0.2, 0.25) is 5.76 Å². The Bertz CT molecular complexity index is 936. The summed E-state index contributed by atoms with van der Waals surface area (Å²) < 4.78 is 37.8. The van der Waals surface area contributed by atoms with Gasteiger partial charge in [-0.25, -0.2) is 13.6 Å². The van der Waals surface area contributed by atoms with Crippen molar-refractivity contribution >= 4 is 16.9 Å². The maximum Gasteiger partial charge on any atom is 0.374 e. The Hall–Kier alpha value is -2.73. The number of benzene rings is 2. The van der Waals surface area contributed by atoms with Crippen LogP contribution in [0.3, 0.4) is 0 Å². The Morgan fingerprint density at radius 3 is 2.73 bits per heavy atom. The summed E-state index contributed by atoms with van der Waals surface area (Å²) in [6, 6.07) is 10.6. The second-order valence-corrected chi connectivity index (χ2v) is 6.02. The number of quaternary nitrogens is 1. The van der Waals surface area contributed by atoms with Crippen molar-refractivity contribution in [3.05, 3.63) is 71.0 Å². The van der Waals surface area contributed by atoms with Gasteiger partial charge in [0.05, 0.1) is 12.2 Å². The fourth-order valence-electron chi connectivity index (χ4n) is 2.96. The van der Waals surface area contributed by atoms with E-state index in [0.29, 0.717) is 23.3 Å². The van der Waals surface area contributed by atoms with Crippen LogP contribution in [0.25, 0.3) is 11.0 Å². The molecule has 4 nitrogen and oxygen atoms in total. The number of rotatable bonds is 6. The molecule has 0 radical (unpaired) electrons. The van der Waals surface area contributed by atoms with Crippen molar-refractivity contribution in [2.45, 2.75) is 26.4 Å². The number of nitrogens with two attached hydrogens (primary N) is 1. The van der Waals surface area contributed by atoms with E-state index in [1.807, 2.05) is 30.4 Å². The minimum Gasteiger partial charge on any atom is -0.460 e. The molecule has 1 atom stereocenters. The van der Waals surface area contributed by atoms with Crippen molar-refractivity contribution in [2.75, 3.05) is 6.61 Å². The van der Waals surface area contributed by atoms with Crippen LogP contribution < -0.4 is 5.32 Å². The molecule has 0 aliphatic heterocycles. The van der Waals surface area contributed by atoms with Gasteiger partial charge in [-0.2, -0.15) is 0 Å². The predicted molar refractivity (Wildman–Crippen MR) is 92.6 cm³/mol. The topological polar surface area (TPSA) is 56.0 Å². The maximum atomic E-state index is 14.0. The van der Waals surface area contributed by atoms with Crippen LogP contribution in [0.5, 0.6) is 0 Å². The van der Waals surface area contributed by atoms with Gasteiger partial charge in [-0.15, -0.1) is 0 Å². The largest absolute Gasteiger partial charge is 0.460 e. The first kappa shape index (κ1) is 18.1. The lowest BCUT2D eigenvalue weighted by Crippen LogP contribution is -2.83. The second kappa shape index (κ2) is 7.66. The van der Waals surface area contributed by atoms with E-state index in [2.05, 4.69) is 0 Å². The summed E-state index contributed by atoms with van der Waals surface area (Å²) in [5.74, 6) is -1.55. The number of ether oxygens (including phenoxy) is 1. The Balaban J connectivity index is 1.87. The van der Waals surface area contributed by atoms with E-state index >= 15 is 0 Å². The molecule has 2 N–H and O–H groups in total. The lowest BCUT2D eigenvalue weighted by atomic mass is 10.1. The van der Waals surface area contributed by atoms with Crippen molar-refractivity contribution < 1.29 is 28.0 Å². The normalized spacial score (nSPS) is 12.3. The number of carbonyl (C=O) groups excluding carboxylic acids is 1. The quantitative estimate of drug-likeness (QED) is 0.682. The first-order chi connectivity index (χ1) is 12.5. The van der Waals surface area contributed by atoms with E-state index < -0.39 is 17.6 Å². The third-order valence-electron chi connectivity index (χ3n) is 4.29. The Kier molecular flexibility index (Phi) is 5.32. The molecule has 6 heteroatoms. The van der Waals surface area contributed by atoms with Crippen molar-refractivity contribution in [3.63, 3.8) is 0 Å². The summed E-state index contributed by atoms with van der Waals surface area (Å²) >= 11 is 0. The molecule has 0 fully saturated rings. The van der Waals surface area contributed by atoms with Crippen LogP contribution in [0.2, 0.25) is 0 Å². The Morgan fingerprint density at radius 2 is 2.00 bits per heavy atom. The zero-order valence-electron chi connectivity index (χ0n) is 14.6. The molecule has 136 valence electrons. The highest BCUT2D eigenvalue weighted by Gasteiger charge is 2.24. The standard InChI is InChI=1S/C20H19F2NO3/c1-3-25-20(24)19-16(15-6-4-5-7-18(15)26-19)11-23-12(2)14-9-8-13(21)10-17(14)22/h4-10,12,23H,3,11H2,1-2H3/p+1/t12-/m0/s1. The van der Waals surface area contributed by atoms with Crippen molar-refractivity contribution in [2.24, 2.45) is 0 Å². The molecule has 0 unspecified atom stereocenters.